The molecule has 590 valence electrons. The molecule has 0 saturated heterocycles. The molecule has 0 fully saturated rings. The predicted molar refractivity (Wildman–Crippen MR) is 499 cm³/mol. The molecule has 20 aromatic rings. The van der Waals surface area contributed by atoms with Crippen molar-refractivity contribution in [3.05, 3.63) is 456 Å². The minimum atomic E-state index is -3.86. The highest BCUT2D eigenvalue weighted by Crippen LogP contribution is 2.41. The van der Waals surface area contributed by atoms with Crippen LogP contribution in [0.2, 0.25) is 0 Å². The Balaban J connectivity index is 0.000000127. The third kappa shape index (κ3) is 18.5. The first kappa shape index (κ1) is 78.7. The van der Waals surface area contributed by atoms with E-state index in [0.717, 1.165) is 179 Å². The molecular weight excluding hydrogens is 1540 g/mol. The van der Waals surface area contributed by atoms with Crippen LogP contribution in [0.5, 0.6) is 0 Å². The lowest BCUT2D eigenvalue weighted by molar-refractivity contribution is 0.596. The molecule has 0 radical (unpaired) electrons. The number of aromatic nitrogens is 11. The summed E-state index contributed by atoms with van der Waals surface area (Å²) >= 11 is 0. The zero-order valence-electron chi connectivity index (χ0n) is 67.4. The third-order valence-corrected chi connectivity index (χ3v) is 22.9. The lowest BCUT2D eigenvalue weighted by Crippen LogP contribution is -2.04. The van der Waals surface area contributed by atoms with E-state index in [1.165, 1.54) is 0 Å². The minimum absolute atomic E-state index is 0.270. The number of aryl methyl sites for hydroxylation is 1. The highest BCUT2D eigenvalue weighted by atomic mass is 32.2. The summed E-state index contributed by atoms with van der Waals surface area (Å²) in [6.07, 6.45) is 19.9. The lowest BCUT2D eigenvalue weighted by Gasteiger charge is -2.14. The third-order valence-electron chi connectivity index (χ3n) is 21.2. The molecule has 0 spiro atoms. The number of hydrogen-bond acceptors (Lipinski definition) is 13. The summed E-state index contributed by atoms with van der Waals surface area (Å²) in [4.78, 5) is 51.2. The molecule has 11 aromatic carbocycles. The number of nitrogens with zero attached hydrogens (tertiary/aromatic N) is 11. The normalized spacial score (nSPS) is 11.0. The van der Waals surface area contributed by atoms with Crippen LogP contribution in [0.15, 0.2) is 460 Å². The van der Waals surface area contributed by atoms with E-state index >= 15 is 0 Å². The zero-order valence-corrected chi connectivity index (χ0v) is 68.2. The molecule has 0 aliphatic rings. The van der Waals surface area contributed by atoms with E-state index in [4.69, 9.17) is 19.9 Å². The molecule has 0 aliphatic carbocycles. The van der Waals surface area contributed by atoms with Gasteiger partial charge in [0.05, 0.1) is 55.3 Å². The van der Waals surface area contributed by atoms with Gasteiger partial charge in [-0.3, -0.25) is 34.9 Å². The Hall–Kier alpha value is -16.4. The van der Waals surface area contributed by atoms with Gasteiger partial charge in [0.2, 0.25) is 9.84 Å². The van der Waals surface area contributed by atoms with E-state index in [0.29, 0.717) is 5.82 Å². The van der Waals surface area contributed by atoms with Crippen molar-refractivity contribution in [3.8, 4) is 179 Å². The van der Waals surface area contributed by atoms with E-state index in [-0.39, 0.29) is 9.79 Å². The summed E-state index contributed by atoms with van der Waals surface area (Å²) in [5.74, 6) is 0.678. The van der Waals surface area contributed by atoms with Gasteiger partial charge in [-0.2, -0.15) is 0 Å². The summed E-state index contributed by atoms with van der Waals surface area (Å²) < 4.78 is 28.7. The van der Waals surface area contributed by atoms with Gasteiger partial charge in [0.1, 0.15) is 12.2 Å². The van der Waals surface area contributed by atoms with Gasteiger partial charge in [-0.05, 0) is 267 Å². The Morgan fingerprint density at radius 1 is 0.177 bits per heavy atom. The molecule has 9 aromatic heterocycles. The maximum absolute atomic E-state index is 14.4. The van der Waals surface area contributed by atoms with Crippen molar-refractivity contribution in [2.45, 2.75) is 16.7 Å². The van der Waals surface area contributed by atoms with Crippen LogP contribution < -0.4 is 0 Å². The number of pyridine rings is 7. The maximum atomic E-state index is 14.4. The summed E-state index contributed by atoms with van der Waals surface area (Å²) in [5, 5.41) is 0. The standard InChI is InChI=1S/C37H26N6.C37H25N5.C36H26O2S/c1-25-42-36(30-20-26(32-10-2-6-14-38-32)18-27(21-30)33-11-3-7-15-39-33)24-37(43-25)31-22-28(34-12-4-8-16-40-34)19-29(23-31)35-13-5-9-17-41-35;1-2-7-26(8-3-1)30-15-31(27-9-4-12-38-22-27)18-34(17-30)36-21-37(42-25-41-36)35-19-32(28-10-5-13-39-23-28)16-33(20-35)29-11-6-14-40-24-29;37-39(38,35-23-31(27-13-5-1-6-14-27)21-32(24-35)28-15-7-2-8-16-28)36-25-33(29-17-9-3-10-18-29)22-34(26-36)30-19-11-4-12-20-30/h2-24H,1H3;1-25H;1-26H. The Kier molecular flexibility index (Phi) is 23.4. The van der Waals surface area contributed by atoms with Crippen LogP contribution in [0.3, 0.4) is 0 Å². The molecule has 13 nitrogen and oxygen atoms in total. The fourth-order valence-corrected chi connectivity index (χ4v) is 16.5. The monoisotopic (exact) mass is 1620 g/mol. The van der Waals surface area contributed by atoms with Crippen molar-refractivity contribution >= 4 is 9.84 Å². The summed E-state index contributed by atoms with van der Waals surface area (Å²) in [5.41, 5.74) is 30.6. The van der Waals surface area contributed by atoms with Gasteiger partial charge >= 0.3 is 0 Å². The van der Waals surface area contributed by atoms with Gasteiger partial charge in [0, 0.05) is 123 Å². The van der Waals surface area contributed by atoms with Crippen LogP contribution in [0.1, 0.15) is 5.82 Å². The summed E-state index contributed by atoms with van der Waals surface area (Å²) in [7, 11) is -3.86. The number of rotatable bonds is 18. The van der Waals surface area contributed by atoms with E-state index in [2.05, 4.69) is 168 Å². The van der Waals surface area contributed by atoms with Crippen molar-refractivity contribution in [1.82, 2.24) is 54.8 Å². The van der Waals surface area contributed by atoms with Crippen LogP contribution in [0.4, 0.5) is 0 Å². The Morgan fingerprint density at radius 3 is 0.653 bits per heavy atom. The molecule has 9 heterocycles. The van der Waals surface area contributed by atoms with Crippen molar-refractivity contribution in [3.63, 3.8) is 0 Å². The molecular formula is C110H77N11O2S. The van der Waals surface area contributed by atoms with Crippen molar-refractivity contribution < 1.29 is 8.42 Å². The number of sulfone groups is 1. The molecule has 0 unspecified atom stereocenters. The molecule has 0 aliphatic heterocycles. The van der Waals surface area contributed by atoms with E-state index in [9.17, 15) is 8.42 Å². The average molecular weight is 1620 g/mol. The van der Waals surface area contributed by atoms with Crippen LogP contribution in [-0.4, -0.2) is 63.2 Å². The smallest absolute Gasteiger partial charge is 0.206 e. The molecule has 0 saturated carbocycles. The van der Waals surface area contributed by atoms with E-state index < -0.39 is 9.84 Å². The first-order chi connectivity index (χ1) is 61.1. The molecule has 0 amide bonds. The second-order valence-corrected chi connectivity index (χ2v) is 31.5. The molecule has 0 bridgehead atoms. The second-order valence-electron chi connectivity index (χ2n) is 29.6. The first-order valence-electron chi connectivity index (χ1n) is 40.6. The van der Waals surface area contributed by atoms with Gasteiger partial charge in [-0.1, -0.05) is 194 Å². The predicted octanol–water partition coefficient (Wildman–Crippen LogP) is 26.2. The van der Waals surface area contributed by atoms with Gasteiger partial charge in [0.25, 0.3) is 0 Å². The lowest BCUT2D eigenvalue weighted by atomic mass is 9.94. The highest BCUT2D eigenvalue weighted by molar-refractivity contribution is 7.91. The molecule has 14 heteroatoms. The van der Waals surface area contributed by atoms with Crippen LogP contribution in [0, 0.1) is 6.92 Å². The molecule has 20 rings (SSSR count). The Labute approximate surface area is 720 Å². The van der Waals surface area contributed by atoms with Gasteiger partial charge < -0.3 is 0 Å². The minimum Gasteiger partial charge on any atom is -0.264 e. The zero-order chi connectivity index (χ0) is 83.8. The Morgan fingerprint density at radius 2 is 0.395 bits per heavy atom. The van der Waals surface area contributed by atoms with E-state index in [1.807, 2.05) is 275 Å². The number of benzene rings is 11. The average Bonchev–Trinajstić information content (AvgIpc) is 0.758. The van der Waals surface area contributed by atoms with Gasteiger partial charge in [0.15, 0.2) is 0 Å². The SMILES string of the molecule is Cc1nc(-c2cc(-c3ccccn3)cc(-c3ccccn3)c2)cc(-c2cc(-c3ccccn3)cc(-c3ccccn3)c2)n1.O=S(=O)(c1cc(-c2ccccc2)cc(-c2ccccc2)c1)c1cc(-c2ccccc2)cc(-c2ccccc2)c1.c1ccc(-c2cc(-c3cccnc3)cc(-c3cc(-c4cc(-c5cccnc5)cc(-c5cccnc5)c4)ncn3)c2)cc1. The topological polar surface area (TPSA) is 176 Å². The molecule has 0 N–H and O–H groups in total. The Bertz CT molecular complexity index is 6430. The quantitative estimate of drug-likeness (QED) is 0.0794. The second kappa shape index (κ2) is 36.8. The maximum Gasteiger partial charge on any atom is 0.206 e. The van der Waals surface area contributed by atoms with Crippen LogP contribution in [-0.2, 0) is 9.84 Å². The first-order valence-corrected chi connectivity index (χ1v) is 42.0. The van der Waals surface area contributed by atoms with Gasteiger partial charge in [-0.25, -0.2) is 28.4 Å². The highest BCUT2D eigenvalue weighted by Gasteiger charge is 2.24. The largest absolute Gasteiger partial charge is 0.264 e. The summed E-state index contributed by atoms with van der Waals surface area (Å²) in [6.45, 7) is 1.93. The molecule has 124 heavy (non-hydrogen) atoms. The fraction of sp³-hybridized carbons (Fsp3) is 0.00909. The van der Waals surface area contributed by atoms with Crippen molar-refractivity contribution in [2.75, 3.05) is 0 Å². The van der Waals surface area contributed by atoms with Crippen LogP contribution in [0.25, 0.3) is 179 Å². The summed E-state index contributed by atoms with van der Waals surface area (Å²) in [6, 6.07) is 127. The number of hydrogen-bond donors (Lipinski definition) is 0. The van der Waals surface area contributed by atoms with Crippen molar-refractivity contribution in [2.24, 2.45) is 0 Å². The fourth-order valence-electron chi connectivity index (χ4n) is 15.1. The van der Waals surface area contributed by atoms with E-state index in [1.54, 1.807) is 49.2 Å². The van der Waals surface area contributed by atoms with Crippen molar-refractivity contribution in [1.29, 1.82) is 0 Å². The van der Waals surface area contributed by atoms with Gasteiger partial charge in [-0.15, -0.1) is 0 Å². The van der Waals surface area contributed by atoms with Crippen LogP contribution >= 0.6 is 0 Å². The molecule has 0 atom stereocenters.